The molecule has 0 heterocycles. The SMILES string of the molecule is CCC(C)C1(CC(=O)O)CCCCCC1. The van der Waals surface area contributed by atoms with Gasteiger partial charge in [0, 0.05) is 0 Å². The van der Waals surface area contributed by atoms with Crippen LogP contribution in [0.4, 0.5) is 0 Å². The van der Waals surface area contributed by atoms with Crippen molar-refractivity contribution in [3.8, 4) is 0 Å². The fourth-order valence-corrected chi connectivity index (χ4v) is 3.01. The van der Waals surface area contributed by atoms with E-state index in [4.69, 9.17) is 5.11 Å². The second kappa shape index (κ2) is 5.53. The Morgan fingerprint density at radius 1 is 1.27 bits per heavy atom. The summed E-state index contributed by atoms with van der Waals surface area (Å²) in [5.41, 5.74) is 0.0943. The third kappa shape index (κ3) is 3.22. The molecule has 2 nitrogen and oxygen atoms in total. The highest BCUT2D eigenvalue weighted by molar-refractivity contribution is 5.67. The normalized spacial score (nSPS) is 23.1. The molecule has 1 rings (SSSR count). The predicted octanol–water partition coefficient (Wildman–Crippen LogP) is 3.85. The largest absolute Gasteiger partial charge is 0.481 e. The Bertz CT molecular complexity index is 203. The smallest absolute Gasteiger partial charge is 0.303 e. The third-order valence-corrected chi connectivity index (χ3v) is 4.26. The van der Waals surface area contributed by atoms with Crippen molar-refractivity contribution in [2.75, 3.05) is 0 Å². The van der Waals surface area contributed by atoms with Crippen LogP contribution < -0.4 is 0 Å². The molecule has 0 aromatic rings. The average Bonchev–Trinajstić information content (AvgIpc) is 2.42. The van der Waals surface area contributed by atoms with Crippen molar-refractivity contribution in [3.63, 3.8) is 0 Å². The summed E-state index contributed by atoms with van der Waals surface area (Å²) >= 11 is 0. The van der Waals surface area contributed by atoms with Crippen LogP contribution in [-0.2, 0) is 4.79 Å². The van der Waals surface area contributed by atoms with E-state index >= 15 is 0 Å². The van der Waals surface area contributed by atoms with Crippen molar-refractivity contribution in [1.82, 2.24) is 0 Å². The van der Waals surface area contributed by atoms with Crippen LogP contribution in [0.3, 0.4) is 0 Å². The molecule has 0 radical (unpaired) electrons. The molecule has 2 heteroatoms. The minimum atomic E-state index is -0.614. The highest BCUT2D eigenvalue weighted by Crippen LogP contribution is 2.45. The Hall–Kier alpha value is -0.530. The molecule has 0 aromatic carbocycles. The van der Waals surface area contributed by atoms with E-state index in [2.05, 4.69) is 13.8 Å². The summed E-state index contributed by atoms with van der Waals surface area (Å²) in [6.45, 7) is 4.41. The first-order chi connectivity index (χ1) is 7.10. The number of carboxylic acids is 1. The van der Waals surface area contributed by atoms with Crippen LogP contribution in [-0.4, -0.2) is 11.1 Å². The maximum absolute atomic E-state index is 11.0. The van der Waals surface area contributed by atoms with E-state index in [1.807, 2.05) is 0 Å². The predicted molar refractivity (Wildman–Crippen MR) is 61.8 cm³/mol. The first-order valence-corrected chi connectivity index (χ1v) is 6.32. The van der Waals surface area contributed by atoms with Crippen molar-refractivity contribution in [2.45, 2.75) is 65.2 Å². The number of aliphatic carboxylic acids is 1. The van der Waals surface area contributed by atoms with Crippen molar-refractivity contribution in [2.24, 2.45) is 11.3 Å². The molecule has 1 saturated carbocycles. The highest BCUT2D eigenvalue weighted by Gasteiger charge is 2.37. The zero-order valence-corrected chi connectivity index (χ0v) is 10.1. The summed E-state index contributed by atoms with van der Waals surface area (Å²) in [4.78, 5) is 11.0. The van der Waals surface area contributed by atoms with E-state index in [-0.39, 0.29) is 5.41 Å². The van der Waals surface area contributed by atoms with Gasteiger partial charge in [0.1, 0.15) is 0 Å². The molecule has 0 aromatic heterocycles. The van der Waals surface area contributed by atoms with Gasteiger partial charge in [0.05, 0.1) is 6.42 Å². The lowest BCUT2D eigenvalue weighted by Gasteiger charge is -2.37. The van der Waals surface area contributed by atoms with E-state index in [0.717, 1.165) is 19.3 Å². The number of hydrogen-bond donors (Lipinski definition) is 1. The second-order valence-corrected chi connectivity index (χ2v) is 5.16. The van der Waals surface area contributed by atoms with E-state index in [1.165, 1.54) is 25.7 Å². The number of carboxylic acid groups (broad SMARTS) is 1. The van der Waals surface area contributed by atoms with Gasteiger partial charge in [0.25, 0.3) is 0 Å². The summed E-state index contributed by atoms with van der Waals surface area (Å²) in [5.74, 6) is -0.0658. The molecule has 1 atom stereocenters. The Morgan fingerprint density at radius 3 is 2.20 bits per heavy atom. The van der Waals surface area contributed by atoms with Gasteiger partial charge in [-0.3, -0.25) is 4.79 Å². The molecule has 1 unspecified atom stereocenters. The minimum Gasteiger partial charge on any atom is -0.481 e. The van der Waals surface area contributed by atoms with E-state index < -0.39 is 5.97 Å². The van der Waals surface area contributed by atoms with E-state index in [0.29, 0.717) is 12.3 Å². The first-order valence-electron chi connectivity index (χ1n) is 6.32. The molecule has 0 bridgehead atoms. The van der Waals surface area contributed by atoms with Gasteiger partial charge in [-0.15, -0.1) is 0 Å². The Morgan fingerprint density at radius 2 is 1.80 bits per heavy atom. The van der Waals surface area contributed by atoms with Crippen LogP contribution in [0.5, 0.6) is 0 Å². The molecule has 1 aliphatic rings. The molecule has 0 aliphatic heterocycles. The number of rotatable bonds is 4. The molecule has 1 N–H and O–H groups in total. The molecule has 0 spiro atoms. The van der Waals surface area contributed by atoms with Crippen molar-refractivity contribution >= 4 is 5.97 Å². The molecular formula is C13H24O2. The highest BCUT2D eigenvalue weighted by atomic mass is 16.4. The summed E-state index contributed by atoms with van der Waals surface area (Å²) in [6, 6.07) is 0. The van der Waals surface area contributed by atoms with Crippen molar-refractivity contribution < 1.29 is 9.90 Å². The average molecular weight is 212 g/mol. The Kier molecular flexibility index (Phi) is 4.62. The molecule has 1 fully saturated rings. The first kappa shape index (κ1) is 12.5. The van der Waals surface area contributed by atoms with Crippen molar-refractivity contribution in [1.29, 1.82) is 0 Å². The van der Waals surface area contributed by atoms with Crippen LogP contribution in [0.25, 0.3) is 0 Å². The molecule has 88 valence electrons. The third-order valence-electron chi connectivity index (χ3n) is 4.26. The van der Waals surface area contributed by atoms with Gasteiger partial charge in [-0.25, -0.2) is 0 Å². The quantitative estimate of drug-likeness (QED) is 0.719. The summed E-state index contributed by atoms with van der Waals surface area (Å²) in [6.07, 6.45) is 8.74. The lowest BCUT2D eigenvalue weighted by molar-refractivity contribution is -0.141. The van der Waals surface area contributed by atoms with Crippen molar-refractivity contribution in [3.05, 3.63) is 0 Å². The molecular weight excluding hydrogens is 188 g/mol. The van der Waals surface area contributed by atoms with Gasteiger partial charge < -0.3 is 5.11 Å². The minimum absolute atomic E-state index is 0.0943. The van der Waals surface area contributed by atoms with Gasteiger partial charge in [-0.2, -0.15) is 0 Å². The van der Waals surface area contributed by atoms with Crippen LogP contribution in [0.15, 0.2) is 0 Å². The molecule has 1 aliphatic carbocycles. The second-order valence-electron chi connectivity index (χ2n) is 5.16. The van der Waals surface area contributed by atoms with Gasteiger partial charge in [0.15, 0.2) is 0 Å². The lowest BCUT2D eigenvalue weighted by atomic mass is 9.67. The van der Waals surface area contributed by atoms with Gasteiger partial charge in [-0.1, -0.05) is 46.0 Å². The lowest BCUT2D eigenvalue weighted by Crippen LogP contribution is -2.31. The maximum Gasteiger partial charge on any atom is 0.303 e. The van der Waals surface area contributed by atoms with E-state index in [1.54, 1.807) is 0 Å². The zero-order chi connectivity index (χ0) is 11.3. The van der Waals surface area contributed by atoms with Crippen LogP contribution in [0.2, 0.25) is 0 Å². The molecule has 0 saturated heterocycles. The monoisotopic (exact) mass is 212 g/mol. The standard InChI is InChI=1S/C13H24O2/c1-3-11(2)13(10-12(14)15)8-6-4-5-7-9-13/h11H,3-10H2,1-2H3,(H,14,15). The topological polar surface area (TPSA) is 37.3 Å². The zero-order valence-electron chi connectivity index (χ0n) is 10.1. The number of carbonyl (C=O) groups is 1. The van der Waals surface area contributed by atoms with Crippen LogP contribution in [0, 0.1) is 11.3 Å². The van der Waals surface area contributed by atoms with Gasteiger partial charge in [-0.05, 0) is 24.2 Å². The Labute approximate surface area is 93.1 Å². The fraction of sp³-hybridized carbons (Fsp3) is 0.923. The number of hydrogen-bond acceptors (Lipinski definition) is 1. The fourth-order valence-electron chi connectivity index (χ4n) is 3.01. The maximum atomic E-state index is 11.0. The van der Waals surface area contributed by atoms with Crippen LogP contribution >= 0.6 is 0 Å². The van der Waals surface area contributed by atoms with Crippen LogP contribution in [0.1, 0.15) is 65.2 Å². The molecule has 0 amide bonds. The van der Waals surface area contributed by atoms with E-state index in [9.17, 15) is 4.79 Å². The van der Waals surface area contributed by atoms with Gasteiger partial charge >= 0.3 is 5.97 Å². The van der Waals surface area contributed by atoms with Gasteiger partial charge in [0.2, 0.25) is 0 Å². The summed E-state index contributed by atoms with van der Waals surface area (Å²) in [7, 11) is 0. The molecule has 15 heavy (non-hydrogen) atoms. The Balaban J connectivity index is 2.76. The summed E-state index contributed by atoms with van der Waals surface area (Å²) < 4.78 is 0. The summed E-state index contributed by atoms with van der Waals surface area (Å²) in [5, 5.41) is 9.07.